The van der Waals surface area contributed by atoms with Gasteiger partial charge in [-0.3, -0.25) is 4.79 Å². The predicted octanol–water partition coefficient (Wildman–Crippen LogP) is 2.19. The molecule has 1 atom stereocenters. The Balaban J connectivity index is 0.00000147. The van der Waals surface area contributed by atoms with Gasteiger partial charge in [0.2, 0.25) is 0 Å². The Morgan fingerprint density at radius 1 is 1.20 bits per heavy atom. The Morgan fingerprint density at radius 2 is 2.00 bits per heavy atom. The maximum Gasteiger partial charge on any atom is 0.254 e. The second-order valence-electron chi connectivity index (χ2n) is 4.58. The van der Waals surface area contributed by atoms with Crippen LogP contribution in [0.1, 0.15) is 0 Å². The van der Waals surface area contributed by atoms with Gasteiger partial charge in [0, 0.05) is 24.2 Å². The van der Waals surface area contributed by atoms with Crippen LogP contribution < -0.4 is 10.6 Å². The molecule has 1 heterocycles. The van der Waals surface area contributed by atoms with E-state index in [0.29, 0.717) is 13.2 Å². The summed E-state index contributed by atoms with van der Waals surface area (Å²) < 4.78 is 5.45. The molecule has 1 saturated heterocycles. The predicted molar refractivity (Wildman–Crippen MR) is 82.4 cm³/mol. The quantitative estimate of drug-likeness (QED) is 0.892. The van der Waals surface area contributed by atoms with Gasteiger partial charge < -0.3 is 15.4 Å². The number of anilines is 1. The number of rotatable bonds is 2. The number of amides is 1. The molecule has 0 saturated carbocycles. The number of ether oxygens (including phenoxy) is 1. The molecule has 2 aromatic rings. The zero-order chi connectivity index (χ0) is 13.1. The Hall–Kier alpha value is -1.62. The van der Waals surface area contributed by atoms with E-state index in [-0.39, 0.29) is 18.3 Å². The minimum Gasteiger partial charge on any atom is -0.366 e. The molecule has 3 rings (SSSR count). The van der Waals surface area contributed by atoms with Crippen molar-refractivity contribution >= 4 is 34.8 Å². The number of carbonyl (C=O) groups excluding carboxylic acids is 1. The van der Waals surface area contributed by atoms with Crippen LogP contribution in [0.25, 0.3) is 10.8 Å². The van der Waals surface area contributed by atoms with Gasteiger partial charge in [0.25, 0.3) is 5.91 Å². The lowest BCUT2D eigenvalue weighted by Crippen LogP contribution is -2.45. The van der Waals surface area contributed by atoms with Gasteiger partial charge in [-0.2, -0.15) is 0 Å². The van der Waals surface area contributed by atoms with Crippen molar-refractivity contribution in [1.29, 1.82) is 0 Å². The summed E-state index contributed by atoms with van der Waals surface area (Å²) in [5.41, 5.74) is 0.831. The lowest BCUT2D eigenvalue weighted by molar-refractivity contribution is -0.128. The SMILES string of the molecule is Cl.O=C(Nc1cccc2ccccc12)C1CNCCO1. The molecule has 20 heavy (non-hydrogen) atoms. The van der Waals surface area contributed by atoms with Crippen LogP contribution in [0.5, 0.6) is 0 Å². The van der Waals surface area contributed by atoms with Crippen LogP contribution >= 0.6 is 12.4 Å². The van der Waals surface area contributed by atoms with Crippen LogP contribution in [0.2, 0.25) is 0 Å². The van der Waals surface area contributed by atoms with Crippen molar-refractivity contribution in [3.63, 3.8) is 0 Å². The second-order valence-corrected chi connectivity index (χ2v) is 4.58. The van der Waals surface area contributed by atoms with E-state index in [1.165, 1.54) is 0 Å². The highest BCUT2D eigenvalue weighted by molar-refractivity contribution is 6.03. The Kier molecular flexibility index (Phi) is 4.95. The maximum atomic E-state index is 12.1. The molecule has 0 aliphatic carbocycles. The molecular formula is C15H17ClN2O2. The molecule has 0 spiro atoms. The number of carbonyl (C=O) groups is 1. The molecule has 0 bridgehead atoms. The third-order valence-corrected chi connectivity index (χ3v) is 3.27. The largest absolute Gasteiger partial charge is 0.366 e. The summed E-state index contributed by atoms with van der Waals surface area (Å²) in [7, 11) is 0. The molecule has 2 aromatic carbocycles. The highest BCUT2D eigenvalue weighted by Gasteiger charge is 2.21. The minimum absolute atomic E-state index is 0. The van der Waals surface area contributed by atoms with Gasteiger partial charge in [0.05, 0.1) is 6.61 Å². The van der Waals surface area contributed by atoms with Crippen LogP contribution in [-0.2, 0) is 9.53 Å². The molecule has 106 valence electrons. The molecule has 2 N–H and O–H groups in total. The zero-order valence-corrected chi connectivity index (χ0v) is 11.8. The number of benzene rings is 2. The van der Waals surface area contributed by atoms with Gasteiger partial charge in [-0.25, -0.2) is 0 Å². The van der Waals surface area contributed by atoms with Crippen molar-refractivity contribution in [2.75, 3.05) is 25.0 Å². The summed E-state index contributed by atoms with van der Waals surface area (Å²) in [6.07, 6.45) is -0.410. The number of halogens is 1. The maximum absolute atomic E-state index is 12.1. The molecule has 4 nitrogen and oxygen atoms in total. The number of fused-ring (bicyclic) bond motifs is 1. The smallest absolute Gasteiger partial charge is 0.254 e. The topological polar surface area (TPSA) is 50.4 Å². The first-order valence-electron chi connectivity index (χ1n) is 6.45. The summed E-state index contributed by atoms with van der Waals surface area (Å²) in [6.45, 7) is 1.95. The number of morpholine rings is 1. The monoisotopic (exact) mass is 292 g/mol. The fourth-order valence-corrected chi connectivity index (χ4v) is 2.28. The van der Waals surface area contributed by atoms with E-state index >= 15 is 0 Å². The van der Waals surface area contributed by atoms with Crippen LogP contribution in [0.3, 0.4) is 0 Å². The summed E-state index contributed by atoms with van der Waals surface area (Å²) in [5, 5.41) is 8.26. The number of nitrogens with one attached hydrogen (secondary N) is 2. The van der Waals surface area contributed by atoms with E-state index in [4.69, 9.17) is 4.74 Å². The van der Waals surface area contributed by atoms with E-state index in [1.54, 1.807) is 0 Å². The third-order valence-electron chi connectivity index (χ3n) is 3.27. The van der Waals surface area contributed by atoms with Gasteiger partial charge >= 0.3 is 0 Å². The Morgan fingerprint density at radius 3 is 2.80 bits per heavy atom. The minimum atomic E-state index is -0.410. The summed E-state index contributed by atoms with van der Waals surface area (Å²) in [4.78, 5) is 12.1. The first kappa shape index (κ1) is 14.8. The van der Waals surface area contributed by atoms with Crippen molar-refractivity contribution < 1.29 is 9.53 Å². The molecule has 0 radical (unpaired) electrons. The summed E-state index contributed by atoms with van der Waals surface area (Å²) >= 11 is 0. The van der Waals surface area contributed by atoms with E-state index in [9.17, 15) is 4.79 Å². The first-order chi connectivity index (χ1) is 9.34. The van der Waals surface area contributed by atoms with E-state index in [0.717, 1.165) is 23.0 Å². The normalized spacial score (nSPS) is 18.3. The molecule has 1 aliphatic heterocycles. The summed E-state index contributed by atoms with van der Waals surface area (Å²) in [5.74, 6) is -0.0939. The van der Waals surface area contributed by atoms with E-state index < -0.39 is 6.10 Å². The van der Waals surface area contributed by atoms with Crippen molar-refractivity contribution in [2.24, 2.45) is 0 Å². The Labute approximate surface area is 123 Å². The van der Waals surface area contributed by atoms with Gasteiger partial charge in [0.15, 0.2) is 0 Å². The molecule has 1 unspecified atom stereocenters. The Bertz CT molecular complexity index is 592. The van der Waals surface area contributed by atoms with Crippen molar-refractivity contribution in [2.45, 2.75) is 6.10 Å². The first-order valence-corrected chi connectivity index (χ1v) is 6.45. The standard InChI is InChI=1S/C15H16N2O2.ClH/c18-15(14-10-16-8-9-19-14)17-13-7-3-5-11-4-1-2-6-12(11)13;/h1-7,14,16H,8-10H2,(H,17,18);1H. The molecule has 1 fully saturated rings. The second kappa shape index (κ2) is 6.70. The zero-order valence-electron chi connectivity index (χ0n) is 11.0. The fraction of sp³-hybridized carbons (Fsp3) is 0.267. The van der Waals surface area contributed by atoms with Gasteiger partial charge in [-0.15, -0.1) is 12.4 Å². The van der Waals surface area contributed by atoms with E-state index in [2.05, 4.69) is 10.6 Å². The molecule has 1 amide bonds. The highest BCUT2D eigenvalue weighted by Crippen LogP contribution is 2.23. The highest BCUT2D eigenvalue weighted by atomic mass is 35.5. The van der Waals surface area contributed by atoms with Gasteiger partial charge in [-0.1, -0.05) is 36.4 Å². The van der Waals surface area contributed by atoms with Gasteiger partial charge in [0.1, 0.15) is 6.10 Å². The van der Waals surface area contributed by atoms with Gasteiger partial charge in [-0.05, 0) is 11.5 Å². The van der Waals surface area contributed by atoms with Crippen molar-refractivity contribution in [1.82, 2.24) is 5.32 Å². The average molecular weight is 293 g/mol. The lowest BCUT2D eigenvalue weighted by Gasteiger charge is -2.23. The van der Waals surface area contributed by atoms with Crippen molar-refractivity contribution in [3.05, 3.63) is 42.5 Å². The molecule has 1 aliphatic rings. The molecule has 5 heteroatoms. The fourth-order valence-electron chi connectivity index (χ4n) is 2.28. The number of hydrogen-bond donors (Lipinski definition) is 2. The van der Waals surface area contributed by atoms with Crippen molar-refractivity contribution in [3.8, 4) is 0 Å². The average Bonchev–Trinajstić information content (AvgIpc) is 2.48. The number of hydrogen-bond acceptors (Lipinski definition) is 3. The molecular weight excluding hydrogens is 276 g/mol. The van der Waals surface area contributed by atoms with Crippen LogP contribution in [0, 0.1) is 0 Å². The van der Waals surface area contributed by atoms with Crippen LogP contribution in [0.15, 0.2) is 42.5 Å². The van der Waals surface area contributed by atoms with Crippen LogP contribution in [-0.4, -0.2) is 31.7 Å². The van der Waals surface area contributed by atoms with E-state index in [1.807, 2.05) is 42.5 Å². The third kappa shape index (κ3) is 3.10. The lowest BCUT2D eigenvalue weighted by atomic mass is 10.1. The van der Waals surface area contributed by atoms with Crippen LogP contribution in [0.4, 0.5) is 5.69 Å². The summed E-state index contributed by atoms with van der Waals surface area (Å²) in [6, 6.07) is 13.9. The molecule has 0 aromatic heterocycles.